The minimum absolute atomic E-state index is 0.0599. The molecule has 2 atom stereocenters. The highest BCUT2D eigenvalue weighted by molar-refractivity contribution is 5.79. The quantitative estimate of drug-likeness (QED) is 0.627. The molecule has 0 bridgehead atoms. The predicted molar refractivity (Wildman–Crippen MR) is 82.1 cm³/mol. The van der Waals surface area contributed by atoms with E-state index in [1.54, 1.807) is 4.90 Å². The summed E-state index contributed by atoms with van der Waals surface area (Å²) in [7, 11) is 0. The van der Waals surface area contributed by atoms with Crippen molar-refractivity contribution >= 4 is 11.8 Å². The summed E-state index contributed by atoms with van der Waals surface area (Å²) in [6.07, 6.45) is 0.701. The van der Waals surface area contributed by atoms with Crippen LogP contribution in [0.2, 0.25) is 0 Å². The Hall–Kier alpha value is -1.92. The highest BCUT2D eigenvalue weighted by atomic mass is 16.2. The molecule has 0 radical (unpaired) electrons. The van der Waals surface area contributed by atoms with Crippen LogP contribution in [-0.2, 0) is 9.59 Å². The number of amides is 2. The van der Waals surface area contributed by atoms with Crippen molar-refractivity contribution in [2.45, 2.75) is 32.4 Å². The van der Waals surface area contributed by atoms with Crippen molar-refractivity contribution in [1.82, 2.24) is 4.90 Å². The van der Waals surface area contributed by atoms with Crippen LogP contribution in [0, 0.1) is 6.92 Å². The summed E-state index contributed by atoms with van der Waals surface area (Å²) >= 11 is 0. The number of carbonyl (C=O) groups is 2. The van der Waals surface area contributed by atoms with Gasteiger partial charge in [-0.15, -0.1) is 0 Å². The van der Waals surface area contributed by atoms with Crippen LogP contribution in [0.25, 0.3) is 0 Å². The molecular formula is C15H24N4O2. The van der Waals surface area contributed by atoms with Crippen molar-refractivity contribution < 1.29 is 9.59 Å². The second-order valence-corrected chi connectivity index (χ2v) is 5.21. The van der Waals surface area contributed by atoms with Gasteiger partial charge in [-0.2, -0.15) is 0 Å². The Morgan fingerprint density at radius 3 is 2.10 bits per heavy atom. The second kappa shape index (κ2) is 7.75. The SMILES string of the molecule is CCC(N)C(c1ccccc1C)N(CC(N)=O)CC(N)=O. The minimum Gasteiger partial charge on any atom is -0.369 e. The first kappa shape index (κ1) is 17.1. The van der Waals surface area contributed by atoms with Crippen LogP contribution < -0.4 is 17.2 Å². The smallest absolute Gasteiger partial charge is 0.231 e. The lowest BCUT2D eigenvalue weighted by Crippen LogP contribution is -2.47. The Labute approximate surface area is 125 Å². The van der Waals surface area contributed by atoms with Crippen LogP contribution in [0.1, 0.15) is 30.5 Å². The van der Waals surface area contributed by atoms with Gasteiger partial charge in [0.25, 0.3) is 0 Å². The van der Waals surface area contributed by atoms with Crippen LogP contribution >= 0.6 is 0 Å². The van der Waals surface area contributed by atoms with Crippen molar-refractivity contribution in [3.8, 4) is 0 Å². The van der Waals surface area contributed by atoms with Gasteiger partial charge in [-0.3, -0.25) is 14.5 Å². The number of nitrogens with two attached hydrogens (primary N) is 3. The number of rotatable bonds is 8. The molecule has 0 aliphatic carbocycles. The fourth-order valence-corrected chi connectivity index (χ4v) is 2.49. The third-order valence-electron chi connectivity index (χ3n) is 3.50. The van der Waals surface area contributed by atoms with Gasteiger partial charge in [0, 0.05) is 6.04 Å². The van der Waals surface area contributed by atoms with E-state index in [0.29, 0.717) is 6.42 Å². The predicted octanol–water partition coefficient (Wildman–Crippen LogP) is 0.0460. The van der Waals surface area contributed by atoms with E-state index in [1.807, 2.05) is 38.1 Å². The maximum Gasteiger partial charge on any atom is 0.231 e. The van der Waals surface area contributed by atoms with Gasteiger partial charge < -0.3 is 17.2 Å². The van der Waals surface area contributed by atoms with Gasteiger partial charge in [-0.05, 0) is 24.5 Å². The summed E-state index contributed by atoms with van der Waals surface area (Å²) in [6.45, 7) is 3.81. The van der Waals surface area contributed by atoms with Gasteiger partial charge in [0.05, 0.1) is 19.1 Å². The van der Waals surface area contributed by atoms with Crippen molar-refractivity contribution in [3.05, 3.63) is 35.4 Å². The fourth-order valence-electron chi connectivity index (χ4n) is 2.49. The molecule has 116 valence electrons. The van der Waals surface area contributed by atoms with Gasteiger partial charge >= 0.3 is 0 Å². The highest BCUT2D eigenvalue weighted by Crippen LogP contribution is 2.27. The lowest BCUT2D eigenvalue weighted by molar-refractivity contribution is -0.123. The maximum atomic E-state index is 11.3. The van der Waals surface area contributed by atoms with Gasteiger partial charge in [0.15, 0.2) is 0 Å². The molecule has 0 heterocycles. The Morgan fingerprint density at radius 1 is 1.14 bits per heavy atom. The van der Waals surface area contributed by atoms with Crippen molar-refractivity contribution in [2.24, 2.45) is 17.2 Å². The molecule has 0 saturated heterocycles. The Bertz CT molecular complexity index is 488. The number of carbonyl (C=O) groups excluding carboxylic acids is 2. The number of aryl methyl sites for hydroxylation is 1. The Morgan fingerprint density at radius 2 is 1.67 bits per heavy atom. The van der Waals surface area contributed by atoms with Gasteiger partial charge in [0.2, 0.25) is 11.8 Å². The fraction of sp³-hybridized carbons (Fsp3) is 0.467. The molecular weight excluding hydrogens is 268 g/mol. The van der Waals surface area contributed by atoms with Crippen LogP contribution in [0.5, 0.6) is 0 Å². The molecule has 0 spiro atoms. The lowest BCUT2D eigenvalue weighted by atomic mass is 9.92. The van der Waals surface area contributed by atoms with Crippen LogP contribution in [0.15, 0.2) is 24.3 Å². The zero-order chi connectivity index (χ0) is 16.0. The van der Waals surface area contributed by atoms with E-state index in [2.05, 4.69) is 0 Å². The number of primary amides is 2. The first-order valence-corrected chi connectivity index (χ1v) is 6.98. The van der Waals surface area contributed by atoms with E-state index in [0.717, 1.165) is 11.1 Å². The first-order valence-electron chi connectivity index (χ1n) is 6.98. The van der Waals surface area contributed by atoms with Crippen LogP contribution in [0.3, 0.4) is 0 Å². The van der Waals surface area contributed by atoms with Gasteiger partial charge in [-0.25, -0.2) is 0 Å². The van der Waals surface area contributed by atoms with E-state index in [4.69, 9.17) is 17.2 Å². The standard InChI is InChI=1S/C15H24N4O2/c1-3-12(16)15(11-7-5-4-6-10(11)2)19(8-13(17)20)9-14(18)21/h4-7,12,15H,3,8-9,16H2,1-2H3,(H2,17,20)(H2,18,21). The van der Waals surface area contributed by atoms with E-state index in [-0.39, 0.29) is 25.2 Å². The Kier molecular flexibility index (Phi) is 6.33. The van der Waals surface area contributed by atoms with Crippen LogP contribution in [0.4, 0.5) is 0 Å². The zero-order valence-corrected chi connectivity index (χ0v) is 12.6. The van der Waals surface area contributed by atoms with Crippen molar-refractivity contribution in [1.29, 1.82) is 0 Å². The molecule has 1 rings (SSSR count). The highest BCUT2D eigenvalue weighted by Gasteiger charge is 2.28. The Balaban J connectivity index is 3.22. The molecule has 1 aromatic rings. The number of benzene rings is 1. The third-order valence-corrected chi connectivity index (χ3v) is 3.50. The monoisotopic (exact) mass is 292 g/mol. The summed E-state index contributed by atoms with van der Waals surface area (Å²) in [5.74, 6) is -1.03. The molecule has 0 fully saturated rings. The first-order chi connectivity index (χ1) is 9.86. The molecule has 0 aliphatic rings. The van der Waals surface area contributed by atoms with Crippen molar-refractivity contribution in [2.75, 3.05) is 13.1 Å². The molecule has 6 heteroatoms. The summed E-state index contributed by atoms with van der Waals surface area (Å²) in [5.41, 5.74) is 18.8. The van der Waals surface area contributed by atoms with E-state index in [9.17, 15) is 9.59 Å². The molecule has 6 nitrogen and oxygen atoms in total. The third kappa shape index (κ3) is 4.84. The largest absolute Gasteiger partial charge is 0.369 e. The summed E-state index contributed by atoms with van der Waals surface area (Å²) in [5, 5.41) is 0. The number of hydrogen-bond acceptors (Lipinski definition) is 4. The summed E-state index contributed by atoms with van der Waals surface area (Å²) < 4.78 is 0. The second-order valence-electron chi connectivity index (χ2n) is 5.21. The molecule has 6 N–H and O–H groups in total. The molecule has 2 unspecified atom stereocenters. The van der Waals surface area contributed by atoms with E-state index < -0.39 is 11.8 Å². The van der Waals surface area contributed by atoms with Gasteiger partial charge in [-0.1, -0.05) is 31.2 Å². The van der Waals surface area contributed by atoms with E-state index >= 15 is 0 Å². The average Bonchev–Trinajstić information content (AvgIpc) is 2.39. The summed E-state index contributed by atoms with van der Waals surface area (Å²) in [4.78, 5) is 24.3. The average molecular weight is 292 g/mol. The molecule has 1 aromatic carbocycles. The zero-order valence-electron chi connectivity index (χ0n) is 12.6. The number of hydrogen-bond donors (Lipinski definition) is 3. The molecule has 21 heavy (non-hydrogen) atoms. The number of nitrogens with zero attached hydrogens (tertiary/aromatic N) is 1. The van der Waals surface area contributed by atoms with Crippen molar-refractivity contribution in [3.63, 3.8) is 0 Å². The minimum atomic E-state index is -0.516. The van der Waals surface area contributed by atoms with Crippen LogP contribution in [-0.4, -0.2) is 35.8 Å². The maximum absolute atomic E-state index is 11.3. The molecule has 0 aromatic heterocycles. The lowest BCUT2D eigenvalue weighted by Gasteiger charge is -2.35. The summed E-state index contributed by atoms with van der Waals surface area (Å²) in [6, 6.07) is 7.24. The van der Waals surface area contributed by atoms with E-state index in [1.165, 1.54) is 0 Å². The topological polar surface area (TPSA) is 115 Å². The molecule has 0 aliphatic heterocycles. The normalized spacial score (nSPS) is 13.9. The molecule has 0 saturated carbocycles. The van der Waals surface area contributed by atoms with Gasteiger partial charge in [0.1, 0.15) is 0 Å². The molecule has 2 amide bonds.